The number of nitrogen functional groups attached to an aromatic ring is 4. The zero-order valence-electron chi connectivity index (χ0n) is 74.0. The number of nitrogens with two attached hydrogens (primary N) is 4. The van der Waals surface area contributed by atoms with E-state index in [1.807, 2.05) is 176 Å². The van der Waals surface area contributed by atoms with Crippen LogP contribution in [0.25, 0.3) is 156 Å². The van der Waals surface area contributed by atoms with Gasteiger partial charge in [-0.3, -0.25) is 27.5 Å². The topological polar surface area (TPSA) is 331 Å². The van der Waals surface area contributed by atoms with Crippen molar-refractivity contribution in [2.24, 2.45) is 0 Å². The molecule has 666 valence electrons. The van der Waals surface area contributed by atoms with Crippen molar-refractivity contribution in [3.8, 4) is 96.2 Å². The number of hydrogen-bond acceptors (Lipinski definition) is 22. The molecule has 8 N–H and O–H groups in total. The average Bonchev–Trinajstić information content (AvgIpc) is 1.52. The molecule has 0 atom stereocenters. The quantitative estimate of drug-likeness (QED) is 0.0786. The molecule has 20 aromatic rings. The molecule has 0 bridgehead atoms. The minimum atomic E-state index is -4.53. The number of pyridine rings is 1. The van der Waals surface area contributed by atoms with E-state index < -0.39 is 11.7 Å². The highest BCUT2D eigenvalue weighted by Gasteiger charge is 2.40. The number of rotatable bonds is 14. The van der Waals surface area contributed by atoms with Crippen LogP contribution in [0.5, 0.6) is 5.88 Å². The average molecular weight is 1780 g/mol. The Morgan fingerprint density at radius 1 is 0.351 bits per heavy atom. The maximum atomic E-state index is 14.1. The molecule has 134 heavy (non-hydrogen) atoms. The van der Waals surface area contributed by atoms with Crippen LogP contribution in [-0.4, -0.2) is 149 Å². The second kappa shape index (κ2) is 34.9. The number of fused-ring (bicyclic) bond motifs is 8. The molecule has 1 aliphatic heterocycles. The number of nitrogens with zero attached hydrogens (tertiary/aromatic N) is 21. The number of hydrogen-bond donors (Lipinski definition) is 4. The Kier molecular flexibility index (Phi) is 21.9. The van der Waals surface area contributed by atoms with Crippen LogP contribution >= 0.6 is 0 Å². The first-order chi connectivity index (χ1) is 65.4. The first kappa shape index (κ1) is 84.0. The molecule has 8 aromatic carbocycles. The number of piperazine rings is 1. The number of benzene rings is 8. The van der Waals surface area contributed by atoms with Crippen molar-refractivity contribution in [2.45, 2.75) is 113 Å². The van der Waals surface area contributed by atoms with Crippen molar-refractivity contribution in [3.63, 3.8) is 0 Å². The summed E-state index contributed by atoms with van der Waals surface area (Å²) in [5.74, 6) is 9.53. The molecule has 13 heterocycles. The fourth-order valence-corrected chi connectivity index (χ4v) is 19.1. The van der Waals surface area contributed by atoms with Gasteiger partial charge in [0.25, 0.3) is 0 Å². The van der Waals surface area contributed by atoms with Gasteiger partial charge in [-0.05, 0) is 108 Å². The minimum absolute atomic E-state index is 0.0461. The third-order valence-corrected chi connectivity index (χ3v) is 27.1. The van der Waals surface area contributed by atoms with Gasteiger partial charge in [0.15, 0.2) is 11.6 Å². The molecule has 26 nitrogen and oxygen atoms in total. The van der Waals surface area contributed by atoms with Gasteiger partial charge < -0.3 is 32.6 Å². The molecule has 4 aliphatic carbocycles. The van der Waals surface area contributed by atoms with Crippen molar-refractivity contribution in [3.05, 3.63) is 291 Å². The second-order valence-corrected chi connectivity index (χ2v) is 35.3. The smallest absolute Gasteiger partial charge is 0.417 e. The van der Waals surface area contributed by atoms with E-state index in [0.29, 0.717) is 81.1 Å². The Bertz CT molecular complexity index is 7860. The van der Waals surface area contributed by atoms with Crippen LogP contribution < -0.4 is 27.7 Å². The SMILES string of the molecule is CN1CCN(C2CC(c3nc(-c4ccc5c(C(F)(F)F)cc(-c6ccccc6)nc5c4)c4c(N)nccn34)C2)CC1.COc1nc(-c2ccccc2)nc2cc(-c3nc(C4CCC4)n4ccnc(N)c34)ccc12.Cc1nc(-c2ccccc2)nc2cc(-c3nc(C4CCC4)n4ccnc(N)c34)ccc12.Nc1nccn2c(C3CCC3)nc(-c3ccc4ncc(-c5ccccc5)nc4c3)c12. The van der Waals surface area contributed by atoms with E-state index in [1.54, 1.807) is 68.3 Å². The maximum Gasteiger partial charge on any atom is 0.417 e. The van der Waals surface area contributed by atoms with Gasteiger partial charge in [0, 0.05) is 166 Å². The van der Waals surface area contributed by atoms with Crippen molar-refractivity contribution < 1.29 is 17.9 Å². The zero-order chi connectivity index (χ0) is 91.0. The van der Waals surface area contributed by atoms with E-state index in [0.717, 1.165) is 198 Å². The molecule has 5 aliphatic rings. The summed E-state index contributed by atoms with van der Waals surface area (Å²) in [5, 5.41) is 1.94. The summed E-state index contributed by atoms with van der Waals surface area (Å²) in [5.41, 5.74) is 43.9. The van der Waals surface area contributed by atoms with Crippen molar-refractivity contribution in [1.82, 2.24) is 102 Å². The van der Waals surface area contributed by atoms with Crippen LogP contribution in [0.3, 0.4) is 0 Å². The van der Waals surface area contributed by atoms with Gasteiger partial charge in [0.1, 0.15) is 91.4 Å². The van der Waals surface area contributed by atoms with Gasteiger partial charge in [-0.25, -0.2) is 64.8 Å². The number of alkyl halides is 3. The predicted octanol–water partition coefficient (Wildman–Crippen LogP) is 20.6. The fraction of sp³-hybridized carbons (Fsp3) is 0.229. The molecule has 0 radical (unpaired) electrons. The first-order valence-corrected chi connectivity index (χ1v) is 45.5. The number of likely N-dealkylation sites (N-methyl/N-ethyl adjacent to an activating group) is 1. The molecular formula is C105H94F3N25O. The number of aromatic nitrogens is 19. The number of methoxy groups -OCH3 is 1. The van der Waals surface area contributed by atoms with E-state index in [2.05, 4.69) is 83.1 Å². The van der Waals surface area contributed by atoms with Crippen molar-refractivity contribution >= 4 is 89.1 Å². The molecule has 0 unspecified atom stereocenters. The Labute approximate surface area is 768 Å². The van der Waals surface area contributed by atoms with E-state index >= 15 is 0 Å². The summed E-state index contributed by atoms with van der Waals surface area (Å²) in [6.07, 6.45) is 24.7. The van der Waals surface area contributed by atoms with Gasteiger partial charge in [0.05, 0.1) is 63.2 Å². The Morgan fingerprint density at radius 3 is 1.15 bits per heavy atom. The highest BCUT2D eigenvalue weighted by atomic mass is 19.4. The fourth-order valence-electron chi connectivity index (χ4n) is 19.1. The third kappa shape index (κ3) is 15.8. The number of imidazole rings is 4. The number of halogens is 3. The minimum Gasteiger partial charge on any atom is -0.480 e. The molecule has 12 aromatic heterocycles. The molecule has 0 amide bonds. The summed E-state index contributed by atoms with van der Waals surface area (Å²) in [7, 11) is 3.79. The van der Waals surface area contributed by atoms with Crippen LogP contribution in [0, 0.1) is 6.92 Å². The monoisotopic (exact) mass is 1780 g/mol. The molecule has 29 heteroatoms. The summed E-state index contributed by atoms with van der Waals surface area (Å²) in [4.78, 5) is 75.6. The Balaban J connectivity index is 0.000000105. The third-order valence-electron chi connectivity index (χ3n) is 27.1. The van der Waals surface area contributed by atoms with Crippen LogP contribution in [0.15, 0.2) is 256 Å². The predicted molar refractivity (Wildman–Crippen MR) is 519 cm³/mol. The van der Waals surface area contributed by atoms with E-state index in [-0.39, 0.29) is 22.5 Å². The van der Waals surface area contributed by atoms with Crippen LogP contribution in [0.2, 0.25) is 0 Å². The number of anilines is 4. The van der Waals surface area contributed by atoms with Gasteiger partial charge in [0.2, 0.25) is 5.88 Å². The highest BCUT2D eigenvalue weighted by Crippen LogP contribution is 2.48. The van der Waals surface area contributed by atoms with Gasteiger partial charge in [-0.2, -0.15) is 18.2 Å². The lowest BCUT2D eigenvalue weighted by molar-refractivity contribution is -0.136. The van der Waals surface area contributed by atoms with Crippen LogP contribution in [-0.2, 0) is 6.18 Å². The maximum absolute atomic E-state index is 14.1. The van der Waals surface area contributed by atoms with E-state index in [4.69, 9.17) is 67.5 Å². The first-order valence-electron chi connectivity index (χ1n) is 45.5. The Hall–Kier alpha value is -15.6. The van der Waals surface area contributed by atoms with Crippen LogP contribution in [0.4, 0.5) is 36.4 Å². The van der Waals surface area contributed by atoms with E-state index in [1.165, 1.54) is 51.0 Å². The highest BCUT2D eigenvalue weighted by molar-refractivity contribution is 5.97. The number of aryl methyl sites for hydroxylation is 1. The standard InChI is InChI=1S/C31H30F3N7.C25H22N6O.C25H22N6.C24H20N6/c1-39-11-13-40(14-12-39)22-15-21(16-22)30-38-27(28-29(35)36-9-10-41(28)30)20-7-8-23-24(31(32,33)34)18-25(37-26(23)17-20)19-5-3-2-4-6-19;1-32-25-18-11-10-17(14-19(18)28-23(30-25)15-6-3-2-4-7-15)20-21-22(26)27-12-13-31(21)24(29-20)16-8-5-9-16;1-15-19-11-10-18(14-20(19)29-24(28-15)16-6-3-2-4-7-16)21-22-23(26)27-12-13-31(22)25(30-21)17-8-5-9-17;25-23-22-21(29-24(16-7-4-8-16)30(22)12-11-26-23)17-9-10-18-19(13-17)28-20(14-27-18)15-5-2-1-3-6-15/h2-10,17-18,21-22H,11-16H2,1H3,(H2,35,36);2-4,6-7,10-14,16H,5,8-9H2,1H3,(H2,26,27);2-4,6-7,10-14,17H,5,8-9H2,1H3,(H2,26,27);1-3,5-6,9-14,16H,4,7-8H2,(H2,25,26). The molecule has 0 spiro atoms. The summed E-state index contributed by atoms with van der Waals surface area (Å²) >= 11 is 0. The summed E-state index contributed by atoms with van der Waals surface area (Å²) < 4.78 is 56.3. The van der Waals surface area contributed by atoms with E-state index in [9.17, 15) is 13.2 Å². The lowest BCUT2D eigenvalue weighted by Gasteiger charge is -2.45. The molecule has 4 saturated carbocycles. The normalized spacial score (nSPS) is 16.1. The lowest BCUT2D eigenvalue weighted by atomic mass is 9.78. The molecule has 5 fully saturated rings. The largest absolute Gasteiger partial charge is 0.480 e. The zero-order valence-corrected chi connectivity index (χ0v) is 74.0. The summed E-state index contributed by atoms with van der Waals surface area (Å²) in [6.45, 7) is 6.34. The van der Waals surface area contributed by atoms with Crippen molar-refractivity contribution in [2.75, 3.05) is 63.3 Å². The molecule has 25 rings (SSSR count). The van der Waals surface area contributed by atoms with Crippen LogP contribution in [0.1, 0.15) is 129 Å². The second-order valence-electron chi connectivity index (χ2n) is 35.3. The lowest BCUT2D eigenvalue weighted by Crippen LogP contribution is -2.52. The summed E-state index contributed by atoms with van der Waals surface area (Å²) in [6, 6.07) is 63.9. The molecular weight excluding hydrogens is 1680 g/mol. The Morgan fingerprint density at radius 2 is 0.724 bits per heavy atom. The van der Waals surface area contributed by atoms with Crippen molar-refractivity contribution in [1.29, 1.82) is 0 Å². The molecule has 1 saturated heterocycles. The van der Waals surface area contributed by atoms with Gasteiger partial charge in [-0.15, -0.1) is 0 Å². The van der Waals surface area contributed by atoms with Gasteiger partial charge in [-0.1, -0.05) is 177 Å². The van der Waals surface area contributed by atoms with Gasteiger partial charge >= 0.3 is 6.18 Å². The number of ether oxygens (including phenoxy) is 1.